The number of benzene rings is 1. The number of nitrogen functional groups attached to an aromatic ring is 2. The van der Waals surface area contributed by atoms with Crippen LogP contribution in [0.1, 0.15) is 37.3 Å². The van der Waals surface area contributed by atoms with E-state index in [9.17, 15) is 10.2 Å². The Morgan fingerprint density at radius 1 is 1.03 bits per heavy atom. The first-order chi connectivity index (χ1) is 15.5. The summed E-state index contributed by atoms with van der Waals surface area (Å²) in [5.41, 5.74) is 15.3. The van der Waals surface area contributed by atoms with E-state index in [-0.39, 0.29) is 12.0 Å². The Hall–Kier alpha value is -3.23. The van der Waals surface area contributed by atoms with Crippen LogP contribution >= 0.6 is 0 Å². The van der Waals surface area contributed by atoms with Crippen LogP contribution in [0, 0.1) is 5.92 Å². The normalized spacial score (nSPS) is 23.3. The maximum Gasteiger partial charge on any atom is 0.145 e. The lowest BCUT2D eigenvalue weighted by molar-refractivity contribution is 0.00502. The summed E-state index contributed by atoms with van der Waals surface area (Å²) in [6.07, 6.45) is 8.07. The Labute approximate surface area is 185 Å². The highest BCUT2D eigenvalue weighted by molar-refractivity contribution is 5.89. The van der Waals surface area contributed by atoms with Crippen LogP contribution in [0.15, 0.2) is 49.1 Å². The molecule has 3 heterocycles. The first-order valence-electron chi connectivity index (χ1n) is 11.1. The Bertz CT molecular complexity index is 1260. The third kappa shape index (κ3) is 3.65. The van der Waals surface area contributed by atoms with Crippen molar-refractivity contribution in [3.8, 4) is 0 Å². The zero-order valence-electron chi connectivity index (χ0n) is 17.8. The molecule has 5 rings (SSSR count). The smallest absolute Gasteiger partial charge is 0.145 e. The van der Waals surface area contributed by atoms with Gasteiger partial charge in [0, 0.05) is 17.8 Å². The monoisotopic (exact) mass is 432 g/mol. The second-order valence-electron chi connectivity index (χ2n) is 8.77. The van der Waals surface area contributed by atoms with Gasteiger partial charge in [0.15, 0.2) is 0 Å². The fraction of sp³-hybridized carbons (Fsp3) is 0.375. The summed E-state index contributed by atoms with van der Waals surface area (Å²) in [5, 5.41) is 23.2. The second-order valence-corrected chi connectivity index (χ2v) is 8.77. The summed E-state index contributed by atoms with van der Waals surface area (Å²) in [4.78, 5) is 12.9. The van der Waals surface area contributed by atoms with E-state index in [0.717, 1.165) is 42.0 Å². The van der Waals surface area contributed by atoms with Crippen molar-refractivity contribution in [3.05, 3.63) is 54.6 Å². The number of fused-ring (bicyclic) bond motifs is 2. The fourth-order valence-corrected chi connectivity index (χ4v) is 5.02. The van der Waals surface area contributed by atoms with Gasteiger partial charge in [0.25, 0.3) is 0 Å². The molecule has 6 N–H and O–H groups in total. The SMILES string of the molecule is Nc1ncnc2c1ccn2[C@@H]1C[C@H](CCCCc2cnc3c(N)cccc3c2)[C@@H](O)[C@H]1O. The van der Waals surface area contributed by atoms with E-state index >= 15 is 0 Å². The predicted octanol–water partition coefficient (Wildman–Crippen LogP) is 2.84. The number of unbranched alkanes of at least 4 members (excludes halogenated alkanes) is 1. The number of hydrogen-bond acceptors (Lipinski definition) is 7. The predicted molar refractivity (Wildman–Crippen MR) is 125 cm³/mol. The molecule has 1 aliphatic rings. The lowest BCUT2D eigenvalue weighted by Gasteiger charge is -2.19. The van der Waals surface area contributed by atoms with Crippen LogP contribution in [-0.2, 0) is 6.42 Å². The largest absolute Gasteiger partial charge is 0.397 e. The zero-order chi connectivity index (χ0) is 22.2. The van der Waals surface area contributed by atoms with Crippen molar-refractivity contribution >= 4 is 33.4 Å². The average molecular weight is 433 g/mol. The molecule has 0 unspecified atom stereocenters. The molecule has 0 radical (unpaired) electrons. The maximum absolute atomic E-state index is 10.7. The van der Waals surface area contributed by atoms with Crippen LogP contribution < -0.4 is 11.5 Å². The molecule has 8 nitrogen and oxygen atoms in total. The number of nitrogens with zero attached hydrogens (tertiary/aromatic N) is 4. The number of nitrogens with two attached hydrogens (primary N) is 2. The number of aromatic nitrogens is 4. The number of aryl methyl sites for hydroxylation is 1. The Morgan fingerprint density at radius 3 is 2.78 bits per heavy atom. The van der Waals surface area contributed by atoms with Crippen molar-refractivity contribution in [2.24, 2.45) is 5.92 Å². The highest BCUT2D eigenvalue weighted by Gasteiger charge is 2.42. The molecule has 1 aliphatic carbocycles. The molecule has 1 fully saturated rings. The summed E-state index contributed by atoms with van der Waals surface area (Å²) in [5.74, 6) is 0.463. The topological polar surface area (TPSA) is 136 Å². The van der Waals surface area contributed by atoms with Crippen LogP contribution in [0.4, 0.5) is 11.5 Å². The molecule has 1 aromatic carbocycles. The summed E-state index contributed by atoms with van der Waals surface area (Å²) in [6.45, 7) is 0. The molecule has 4 atom stereocenters. The molecule has 0 amide bonds. The van der Waals surface area contributed by atoms with Crippen molar-refractivity contribution < 1.29 is 10.2 Å². The number of para-hydroxylation sites is 1. The van der Waals surface area contributed by atoms with Crippen molar-refractivity contribution in [1.29, 1.82) is 0 Å². The summed E-state index contributed by atoms with van der Waals surface area (Å²) >= 11 is 0. The van der Waals surface area contributed by atoms with E-state index in [1.807, 2.05) is 41.2 Å². The van der Waals surface area contributed by atoms with Gasteiger partial charge < -0.3 is 26.2 Å². The highest BCUT2D eigenvalue weighted by atomic mass is 16.3. The van der Waals surface area contributed by atoms with Crippen LogP contribution in [0.3, 0.4) is 0 Å². The van der Waals surface area contributed by atoms with E-state index < -0.39 is 12.2 Å². The van der Waals surface area contributed by atoms with Gasteiger partial charge in [-0.1, -0.05) is 18.6 Å². The standard InChI is InChI=1S/C24H28N6O2/c25-18-7-3-6-15-10-14(12-27-20(15)18)4-1-2-5-16-11-19(22(32)21(16)31)30-9-8-17-23(26)28-13-29-24(17)30/h3,6-10,12-13,16,19,21-22,31-32H,1-2,4-5,11,25H2,(H2,26,28,29)/t16-,19+,21+,22-/m0/s1. The van der Waals surface area contributed by atoms with Gasteiger partial charge in [0.2, 0.25) is 0 Å². The molecule has 0 spiro atoms. The fourth-order valence-electron chi connectivity index (χ4n) is 5.02. The van der Waals surface area contributed by atoms with Gasteiger partial charge >= 0.3 is 0 Å². The van der Waals surface area contributed by atoms with E-state index in [0.29, 0.717) is 23.6 Å². The van der Waals surface area contributed by atoms with Gasteiger partial charge in [0.1, 0.15) is 23.9 Å². The highest BCUT2D eigenvalue weighted by Crippen LogP contribution is 2.39. The van der Waals surface area contributed by atoms with Crippen LogP contribution in [0.2, 0.25) is 0 Å². The second kappa shape index (κ2) is 8.37. The van der Waals surface area contributed by atoms with Crippen molar-refractivity contribution in [1.82, 2.24) is 19.5 Å². The molecule has 3 aromatic heterocycles. The van der Waals surface area contributed by atoms with E-state index in [2.05, 4.69) is 21.0 Å². The zero-order valence-corrected chi connectivity index (χ0v) is 17.8. The van der Waals surface area contributed by atoms with Gasteiger partial charge in [-0.05, 0) is 55.4 Å². The molecular formula is C24H28N6O2. The molecule has 0 saturated heterocycles. The maximum atomic E-state index is 10.7. The lowest BCUT2D eigenvalue weighted by atomic mass is 9.96. The van der Waals surface area contributed by atoms with Crippen molar-refractivity contribution in [3.63, 3.8) is 0 Å². The quantitative estimate of drug-likeness (QED) is 0.272. The first-order valence-corrected chi connectivity index (χ1v) is 11.1. The molecule has 1 saturated carbocycles. The third-order valence-corrected chi connectivity index (χ3v) is 6.76. The number of hydrogen-bond donors (Lipinski definition) is 4. The molecular weight excluding hydrogens is 404 g/mol. The molecule has 8 heteroatoms. The van der Waals surface area contributed by atoms with E-state index in [1.165, 1.54) is 11.9 Å². The third-order valence-electron chi connectivity index (χ3n) is 6.76. The average Bonchev–Trinajstić information content (AvgIpc) is 3.34. The molecule has 0 bridgehead atoms. The van der Waals surface area contributed by atoms with Gasteiger partial charge in [0.05, 0.1) is 28.7 Å². The molecule has 0 aliphatic heterocycles. The number of aliphatic hydroxyl groups is 2. The molecule has 166 valence electrons. The molecule has 4 aromatic rings. The van der Waals surface area contributed by atoms with E-state index in [4.69, 9.17) is 11.5 Å². The number of aliphatic hydroxyl groups excluding tert-OH is 2. The number of rotatable bonds is 6. The Morgan fingerprint density at radius 2 is 1.91 bits per heavy atom. The lowest BCUT2D eigenvalue weighted by Crippen LogP contribution is -2.29. The minimum absolute atomic E-state index is 0.0427. The first kappa shape index (κ1) is 20.7. The summed E-state index contributed by atoms with van der Waals surface area (Å²) in [6, 6.07) is 9.62. The Balaban J connectivity index is 1.20. The number of anilines is 2. The van der Waals surface area contributed by atoms with Gasteiger partial charge in [-0.3, -0.25) is 4.98 Å². The van der Waals surface area contributed by atoms with Crippen molar-refractivity contribution in [2.75, 3.05) is 11.5 Å². The van der Waals surface area contributed by atoms with Gasteiger partial charge in [-0.25, -0.2) is 9.97 Å². The molecule has 32 heavy (non-hydrogen) atoms. The summed E-state index contributed by atoms with van der Waals surface area (Å²) < 4.78 is 1.92. The van der Waals surface area contributed by atoms with Crippen molar-refractivity contribution in [2.45, 2.75) is 50.4 Å². The van der Waals surface area contributed by atoms with Crippen LogP contribution in [0.25, 0.3) is 21.9 Å². The Kier molecular flexibility index (Phi) is 5.40. The van der Waals surface area contributed by atoms with Crippen LogP contribution in [-0.4, -0.2) is 41.9 Å². The number of pyridine rings is 1. The van der Waals surface area contributed by atoms with Crippen LogP contribution in [0.5, 0.6) is 0 Å². The minimum Gasteiger partial charge on any atom is -0.397 e. The summed E-state index contributed by atoms with van der Waals surface area (Å²) in [7, 11) is 0. The van der Waals surface area contributed by atoms with Gasteiger partial charge in [-0.2, -0.15) is 0 Å². The minimum atomic E-state index is -0.832. The van der Waals surface area contributed by atoms with Gasteiger partial charge in [-0.15, -0.1) is 0 Å². The van der Waals surface area contributed by atoms with E-state index in [1.54, 1.807) is 0 Å².